The van der Waals surface area contributed by atoms with Gasteiger partial charge in [0.2, 0.25) is 0 Å². The second-order valence-corrected chi connectivity index (χ2v) is 7.90. The lowest BCUT2D eigenvalue weighted by Gasteiger charge is -2.27. The summed E-state index contributed by atoms with van der Waals surface area (Å²) >= 11 is 6.48. The Morgan fingerprint density at radius 1 is 1.12 bits per heavy atom. The molecule has 0 aliphatic carbocycles. The second kappa shape index (κ2) is 8.61. The highest BCUT2D eigenvalue weighted by Crippen LogP contribution is 2.39. The Morgan fingerprint density at radius 3 is 2.75 bits per heavy atom. The molecule has 162 valence electrons. The first kappa shape index (κ1) is 20.5. The van der Waals surface area contributed by atoms with Gasteiger partial charge in [0.25, 0.3) is 5.91 Å². The molecule has 1 fully saturated rings. The molecule has 2 aromatic carbocycles. The fourth-order valence-electron chi connectivity index (χ4n) is 3.94. The van der Waals surface area contributed by atoms with E-state index in [9.17, 15) is 4.79 Å². The van der Waals surface area contributed by atoms with E-state index in [1.54, 1.807) is 19.4 Å². The number of amides is 1. The largest absolute Gasteiger partial charge is 0.496 e. The molecule has 0 bridgehead atoms. The first-order valence-corrected chi connectivity index (χ1v) is 10.7. The maximum Gasteiger partial charge on any atom is 0.254 e. The van der Waals surface area contributed by atoms with Gasteiger partial charge in [0, 0.05) is 35.8 Å². The van der Waals surface area contributed by atoms with Gasteiger partial charge >= 0.3 is 0 Å². The molecule has 0 spiro atoms. The van der Waals surface area contributed by atoms with E-state index in [0.717, 1.165) is 16.5 Å². The summed E-state index contributed by atoms with van der Waals surface area (Å²) < 4.78 is 10.9. The summed E-state index contributed by atoms with van der Waals surface area (Å²) in [5.41, 5.74) is 4.44. The average molecular weight is 449 g/mol. The number of rotatable bonds is 4. The van der Waals surface area contributed by atoms with Gasteiger partial charge in [-0.05, 0) is 35.9 Å². The normalized spacial score (nSPS) is 14.0. The molecule has 1 N–H and O–H groups in total. The molecule has 5 rings (SSSR count). The molecule has 0 saturated carbocycles. The predicted molar refractivity (Wildman–Crippen MR) is 123 cm³/mol. The van der Waals surface area contributed by atoms with Crippen LogP contribution < -0.4 is 4.74 Å². The fraction of sp³-hybridized carbons (Fsp3) is 0.208. The van der Waals surface area contributed by atoms with Crippen molar-refractivity contribution in [1.29, 1.82) is 0 Å². The van der Waals surface area contributed by atoms with E-state index in [2.05, 4.69) is 15.2 Å². The zero-order valence-electron chi connectivity index (χ0n) is 17.5. The molecule has 32 heavy (non-hydrogen) atoms. The number of methoxy groups -OCH3 is 1. The summed E-state index contributed by atoms with van der Waals surface area (Å²) in [4.78, 5) is 19.3. The van der Waals surface area contributed by atoms with Crippen molar-refractivity contribution in [2.75, 3.05) is 33.4 Å². The van der Waals surface area contributed by atoms with Crippen LogP contribution in [0.4, 0.5) is 0 Å². The standard InChI is InChI=1S/C24H21ClN4O3/c1-31-20-7-3-6-19(25)21(20)22-18-13-17(14-26-23(18)28-27-22)15-4-2-5-16(12-15)24(30)29-8-10-32-11-9-29/h2-7,12-14H,8-11H2,1H3,(H,26,27,28). The van der Waals surface area contributed by atoms with Gasteiger partial charge in [-0.3, -0.25) is 9.89 Å². The van der Waals surface area contributed by atoms with Crippen LogP contribution in [0.3, 0.4) is 0 Å². The zero-order valence-corrected chi connectivity index (χ0v) is 18.2. The summed E-state index contributed by atoms with van der Waals surface area (Å²) in [6, 6.07) is 15.1. The van der Waals surface area contributed by atoms with Crippen LogP contribution in [-0.2, 0) is 4.74 Å². The number of nitrogens with one attached hydrogen (secondary N) is 1. The summed E-state index contributed by atoms with van der Waals surface area (Å²) in [5, 5.41) is 8.78. The molecule has 0 radical (unpaired) electrons. The van der Waals surface area contributed by atoms with Crippen molar-refractivity contribution in [2.45, 2.75) is 0 Å². The Kier molecular flexibility index (Phi) is 5.51. The minimum absolute atomic E-state index is 0.00833. The van der Waals surface area contributed by atoms with Crippen LogP contribution in [-0.4, -0.2) is 59.4 Å². The SMILES string of the molecule is COc1cccc(Cl)c1-c1n[nH]c2ncc(-c3cccc(C(=O)N4CCOCC4)c3)cc12. The lowest BCUT2D eigenvalue weighted by molar-refractivity contribution is 0.0303. The van der Waals surface area contributed by atoms with Gasteiger partial charge in [-0.2, -0.15) is 5.10 Å². The number of nitrogens with zero attached hydrogens (tertiary/aromatic N) is 3. The minimum Gasteiger partial charge on any atom is -0.496 e. The number of pyridine rings is 1. The highest BCUT2D eigenvalue weighted by molar-refractivity contribution is 6.34. The number of halogens is 1. The molecule has 7 nitrogen and oxygen atoms in total. The number of aromatic amines is 1. The minimum atomic E-state index is 0.00833. The molecule has 0 atom stereocenters. The van der Waals surface area contributed by atoms with Crippen LogP contribution in [0.25, 0.3) is 33.4 Å². The van der Waals surface area contributed by atoms with Crippen LogP contribution in [0.15, 0.2) is 54.7 Å². The molecule has 3 heterocycles. The van der Waals surface area contributed by atoms with Crippen LogP contribution in [0, 0.1) is 0 Å². The molecule has 4 aromatic rings. The van der Waals surface area contributed by atoms with Gasteiger partial charge in [-0.25, -0.2) is 4.98 Å². The van der Waals surface area contributed by atoms with Crippen molar-refractivity contribution in [1.82, 2.24) is 20.1 Å². The van der Waals surface area contributed by atoms with Gasteiger partial charge in [-0.15, -0.1) is 0 Å². The number of morpholine rings is 1. The van der Waals surface area contributed by atoms with E-state index in [1.165, 1.54) is 0 Å². The third-order valence-corrected chi connectivity index (χ3v) is 5.90. The summed E-state index contributed by atoms with van der Waals surface area (Å²) in [7, 11) is 1.60. The number of fused-ring (bicyclic) bond motifs is 1. The Hall–Kier alpha value is -3.42. The van der Waals surface area contributed by atoms with Gasteiger partial charge in [0.15, 0.2) is 5.65 Å². The van der Waals surface area contributed by atoms with Crippen molar-refractivity contribution in [3.63, 3.8) is 0 Å². The van der Waals surface area contributed by atoms with Crippen LogP contribution in [0.2, 0.25) is 5.02 Å². The third kappa shape index (κ3) is 3.70. The van der Waals surface area contributed by atoms with E-state index in [4.69, 9.17) is 21.1 Å². The summed E-state index contributed by atoms with van der Waals surface area (Å²) in [6.07, 6.45) is 1.77. The van der Waals surface area contributed by atoms with E-state index >= 15 is 0 Å². The third-order valence-electron chi connectivity index (χ3n) is 5.59. The van der Waals surface area contributed by atoms with Crippen molar-refractivity contribution < 1.29 is 14.3 Å². The first-order chi connectivity index (χ1) is 15.7. The van der Waals surface area contributed by atoms with Gasteiger partial charge < -0.3 is 14.4 Å². The molecule has 0 unspecified atom stereocenters. The maximum absolute atomic E-state index is 12.9. The van der Waals surface area contributed by atoms with Crippen molar-refractivity contribution in [2.24, 2.45) is 0 Å². The summed E-state index contributed by atoms with van der Waals surface area (Å²) in [5.74, 6) is 0.642. The smallest absolute Gasteiger partial charge is 0.254 e. The molecule has 1 aliphatic rings. The van der Waals surface area contributed by atoms with Gasteiger partial charge in [0.05, 0.1) is 30.9 Å². The zero-order chi connectivity index (χ0) is 22.1. The highest BCUT2D eigenvalue weighted by atomic mass is 35.5. The fourth-order valence-corrected chi connectivity index (χ4v) is 4.19. The molecular formula is C24H21ClN4O3. The number of aromatic nitrogens is 3. The number of H-pyrrole nitrogens is 1. The molecular weight excluding hydrogens is 428 g/mol. The average Bonchev–Trinajstić information content (AvgIpc) is 3.27. The quantitative estimate of drug-likeness (QED) is 0.499. The van der Waals surface area contributed by atoms with E-state index < -0.39 is 0 Å². The maximum atomic E-state index is 12.9. The molecule has 1 aliphatic heterocycles. The number of ether oxygens (including phenoxy) is 2. The summed E-state index contributed by atoms with van der Waals surface area (Å²) in [6.45, 7) is 2.35. The van der Waals surface area contributed by atoms with Crippen LogP contribution in [0.1, 0.15) is 10.4 Å². The Bertz CT molecular complexity index is 1300. The van der Waals surface area contributed by atoms with Crippen LogP contribution in [0.5, 0.6) is 5.75 Å². The van der Waals surface area contributed by atoms with Crippen molar-refractivity contribution in [3.8, 4) is 28.1 Å². The van der Waals surface area contributed by atoms with E-state index in [0.29, 0.717) is 59.5 Å². The molecule has 1 saturated heterocycles. The first-order valence-electron chi connectivity index (χ1n) is 10.3. The molecule has 1 amide bonds. The van der Waals surface area contributed by atoms with Crippen molar-refractivity contribution in [3.05, 3.63) is 65.3 Å². The van der Waals surface area contributed by atoms with E-state index in [1.807, 2.05) is 47.4 Å². The number of hydrogen-bond acceptors (Lipinski definition) is 5. The van der Waals surface area contributed by atoms with Gasteiger partial charge in [-0.1, -0.05) is 29.8 Å². The lowest BCUT2D eigenvalue weighted by atomic mass is 10.0. The molecule has 2 aromatic heterocycles. The lowest BCUT2D eigenvalue weighted by Crippen LogP contribution is -2.40. The topological polar surface area (TPSA) is 80.3 Å². The van der Waals surface area contributed by atoms with E-state index in [-0.39, 0.29) is 5.91 Å². The number of carbonyl (C=O) groups excluding carboxylic acids is 1. The number of benzene rings is 2. The predicted octanol–water partition coefficient (Wildman–Crippen LogP) is 4.43. The number of hydrogen-bond donors (Lipinski definition) is 1. The Morgan fingerprint density at radius 2 is 1.94 bits per heavy atom. The van der Waals surface area contributed by atoms with Crippen LogP contribution >= 0.6 is 11.6 Å². The van der Waals surface area contributed by atoms with Gasteiger partial charge in [0.1, 0.15) is 11.4 Å². The monoisotopic (exact) mass is 448 g/mol. The number of carbonyl (C=O) groups is 1. The highest BCUT2D eigenvalue weighted by Gasteiger charge is 2.20. The molecule has 8 heteroatoms. The Labute approximate surface area is 189 Å². The Balaban J connectivity index is 1.55. The second-order valence-electron chi connectivity index (χ2n) is 7.49. The van der Waals surface area contributed by atoms with Crippen molar-refractivity contribution >= 4 is 28.5 Å².